The van der Waals surface area contributed by atoms with Crippen LogP contribution in [-0.4, -0.2) is 63.4 Å². The fourth-order valence-electron chi connectivity index (χ4n) is 3.61. The first-order valence-electron chi connectivity index (χ1n) is 11.4. The molecular weight excluding hydrogens is 455 g/mol. The number of amides is 1. The summed E-state index contributed by atoms with van der Waals surface area (Å²) in [6.45, 7) is 5.93. The minimum absolute atomic E-state index is 0.104. The minimum atomic E-state index is -0.898. The van der Waals surface area contributed by atoms with Crippen LogP contribution in [0.2, 0.25) is 0 Å². The maximum Gasteiger partial charge on any atom is 0.230 e. The van der Waals surface area contributed by atoms with Gasteiger partial charge >= 0.3 is 0 Å². The molecule has 3 aromatic rings. The predicted octanol–water partition coefficient (Wildman–Crippen LogP) is 2.65. The van der Waals surface area contributed by atoms with Crippen LogP contribution in [0, 0.1) is 11.2 Å². The average molecular weight is 485 g/mol. The number of aliphatic hydroxyl groups excluding tert-OH is 1. The Kier molecular flexibility index (Phi) is 7.39. The van der Waals surface area contributed by atoms with E-state index in [0.29, 0.717) is 34.4 Å². The molecular formula is C24H29FN6O4. The lowest BCUT2D eigenvalue weighted by Crippen LogP contribution is -2.49. The molecule has 11 heteroatoms. The zero-order valence-electron chi connectivity index (χ0n) is 19.8. The minimum Gasteiger partial charge on any atom is -0.395 e. The van der Waals surface area contributed by atoms with Gasteiger partial charge in [0.25, 0.3) is 0 Å². The molecule has 1 aliphatic heterocycles. The number of H-pyrrole nitrogens is 1. The lowest BCUT2D eigenvalue weighted by molar-refractivity contribution is -0.231. The number of aliphatic hydroxyl groups is 1. The fourth-order valence-corrected chi connectivity index (χ4v) is 3.61. The van der Waals surface area contributed by atoms with Crippen LogP contribution < -0.4 is 10.6 Å². The lowest BCUT2D eigenvalue weighted by atomic mass is 9.91. The van der Waals surface area contributed by atoms with E-state index in [0.717, 1.165) is 0 Å². The van der Waals surface area contributed by atoms with Gasteiger partial charge in [0.1, 0.15) is 5.82 Å². The summed E-state index contributed by atoms with van der Waals surface area (Å²) in [5, 5.41) is 14.8. The van der Waals surface area contributed by atoms with Crippen molar-refractivity contribution < 1.29 is 23.8 Å². The number of carbonyl (C=O) groups excluding carboxylic acids is 1. The zero-order valence-corrected chi connectivity index (χ0v) is 19.8. The van der Waals surface area contributed by atoms with Gasteiger partial charge in [0.2, 0.25) is 18.1 Å². The highest BCUT2D eigenvalue weighted by molar-refractivity contribution is 5.82. The zero-order chi connectivity index (χ0) is 25.0. The molecule has 0 bridgehead atoms. The molecule has 35 heavy (non-hydrogen) atoms. The number of ether oxygens (including phenoxy) is 2. The Bertz CT molecular complexity index is 1160. The van der Waals surface area contributed by atoms with E-state index in [1.54, 1.807) is 31.3 Å². The van der Waals surface area contributed by atoms with E-state index in [-0.39, 0.29) is 44.1 Å². The molecule has 1 saturated heterocycles. The number of hydrogen-bond donors (Lipinski definition) is 4. The number of anilines is 1. The predicted molar refractivity (Wildman–Crippen MR) is 127 cm³/mol. The van der Waals surface area contributed by atoms with Crippen molar-refractivity contribution >= 4 is 11.9 Å². The van der Waals surface area contributed by atoms with E-state index in [4.69, 9.17) is 19.6 Å². The van der Waals surface area contributed by atoms with E-state index >= 15 is 0 Å². The average Bonchev–Trinajstić information content (AvgIpc) is 3.28. The van der Waals surface area contributed by atoms with Gasteiger partial charge in [-0.05, 0) is 51.1 Å². The largest absolute Gasteiger partial charge is 0.395 e. The Morgan fingerprint density at radius 1 is 1.23 bits per heavy atom. The number of hydrogen-bond acceptors (Lipinski definition) is 8. The number of rotatable bonds is 8. The van der Waals surface area contributed by atoms with Gasteiger partial charge in [-0.2, -0.15) is 0 Å². The third-order valence-corrected chi connectivity index (χ3v) is 5.44. The molecule has 0 radical (unpaired) electrons. The Hall–Kier alpha value is -3.41. The molecule has 4 N–H and O–H groups in total. The van der Waals surface area contributed by atoms with Crippen LogP contribution in [0.4, 0.5) is 10.3 Å². The molecule has 0 unspecified atom stereocenters. The van der Waals surface area contributed by atoms with E-state index in [1.165, 1.54) is 12.1 Å². The maximum atomic E-state index is 13.6. The molecule has 0 spiro atoms. The van der Waals surface area contributed by atoms with Crippen molar-refractivity contribution in [3.05, 3.63) is 48.2 Å². The normalized spacial score (nSPS) is 20.1. The molecule has 0 aliphatic carbocycles. The summed E-state index contributed by atoms with van der Waals surface area (Å²) < 4.78 is 25.3. The van der Waals surface area contributed by atoms with Gasteiger partial charge in [0, 0.05) is 24.3 Å². The summed E-state index contributed by atoms with van der Waals surface area (Å²) in [6.07, 6.45) is 0.809. The van der Waals surface area contributed by atoms with Gasteiger partial charge in [-0.1, -0.05) is 0 Å². The molecule has 1 fully saturated rings. The number of aromatic amines is 1. The Balaban J connectivity index is 1.64. The number of halogens is 1. The second kappa shape index (κ2) is 10.5. The maximum absolute atomic E-state index is 13.6. The Morgan fingerprint density at radius 3 is 2.60 bits per heavy atom. The molecule has 10 nitrogen and oxygen atoms in total. The van der Waals surface area contributed by atoms with Crippen LogP contribution >= 0.6 is 0 Å². The molecule has 0 saturated carbocycles. The van der Waals surface area contributed by atoms with Crippen molar-refractivity contribution in [3.63, 3.8) is 0 Å². The van der Waals surface area contributed by atoms with Gasteiger partial charge in [-0.3, -0.25) is 4.79 Å². The first-order chi connectivity index (χ1) is 16.8. The van der Waals surface area contributed by atoms with Gasteiger partial charge in [0.15, 0.2) is 5.82 Å². The Labute approximate surface area is 202 Å². The summed E-state index contributed by atoms with van der Waals surface area (Å²) in [4.78, 5) is 29.2. The van der Waals surface area contributed by atoms with Gasteiger partial charge in [-0.25, -0.2) is 19.3 Å². The number of benzene rings is 1. The summed E-state index contributed by atoms with van der Waals surface area (Å²) in [7, 11) is 0. The van der Waals surface area contributed by atoms with Crippen molar-refractivity contribution in [1.82, 2.24) is 25.3 Å². The molecule has 1 aromatic carbocycles. The van der Waals surface area contributed by atoms with Gasteiger partial charge in [-0.15, -0.1) is 0 Å². The van der Waals surface area contributed by atoms with Crippen molar-refractivity contribution in [2.75, 3.05) is 31.7 Å². The number of nitrogens with one attached hydrogen (secondary N) is 3. The fraction of sp³-hybridized carbons (Fsp3) is 0.417. The van der Waals surface area contributed by atoms with Crippen LogP contribution in [0.5, 0.6) is 0 Å². The quantitative estimate of drug-likeness (QED) is 0.383. The highest BCUT2D eigenvalue weighted by Gasteiger charge is 2.40. The van der Waals surface area contributed by atoms with Crippen molar-refractivity contribution in [3.8, 4) is 22.6 Å². The Morgan fingerprint density at radius 2 is 1.94 bits per heavy atom. The molecule has 4 rings (SSSR count). The molecule has 1 amide bonds. The smallest absolute Gasteiger partial charge is 0.230 e. The van der Waals surface area contributed by atoms with Crippen LogP contribution in [0.25, 0.3) is 22.6 Å². The van der Waals surface area contributed by atoms with Crippen molar-refractivity contribution in [2.24, 2.45) is 5.41 Å². The first-order valence-corrected chi connectivity index (χ1v) is 11.4. The number of imidazole rings is 1. The van der Waals surface area contributed by atoms with E-state index < -0.39 is 11.7 Å². The molecule has 3 heterocycles. The van der Waals surface area contributed by atoms with Crippen LogP contribution in [0.3, 0.4) is 0 Å². The topological polar surface area (TPSA) is 134 Å². The SMILES string of the molecule is CC(C)Nc1nccc(-c2[nH]c(C3OCC(C)(C(=O)NCCO)CO3)nc2-c2ccc(F)cc2)n1. The summed E-state index contributed by atoms with van der Waals surface area (Å²) in [5.74, 6) is 0.250. The highest BCUT2D eigenvalue weighted by atomic mass is 19.1. The van der Waals surface area contributed by atoms with Crippen molar-refractivity contribution in [1.29, 1.82) is 0 Å². The van der Waals surface area contributed by atoms with E-state index in [2.05, 4.69) is 25.6 Å². The van der Waals surface area contributed by atoms with Crippen LogP contribution in [0.1, 0.15) is 32.9 Å². The highest BCUT2D eigenvalue weighted by Crippen LogP contribution is 2.35. The van der Waals surface area contributed by atoms with Gasteiger partial charge in [0.05, 0.1) is 42.3 Å². The monoisotopic (exact) mass is 484 g/mol. The van der Waals surface area contributed by atoms with Crippen LogP contribution in [0.15, 0.2) is 36.5 Å². The third-order valence-electron chi connectivity index (χ3n) is 5.44. The standard InChI is InChI=1S/C24H29FN6O4/c1-14(2)28-23-27-9-8-17(29-23)19-18(15-4-6-16(25)7-5-15)30-20(31-19)21-34-12-24(3,13-35-21)22(33)26-10-11-32/h4-9,14,21,32H,10-13H2,1-3H3,(H,26,33)(H,30,31)(H,27,28,29). The van der Waals surface area contributed by atoms with E-state index in [1.807, 2.05) is 13.8 Å². The summed E-state index contributed by atoms with van der Waals surface area (Å²) in [5.41, 5.74) is 1.53. The van der Waals surface area contributed by atoms with Crippen molar-refractivity contribution in [2.45, 2.75) is 33.1 Å². The molecule has 0 atom stereocenters. The second-order valence-electron chi connectivity index (χ2n) is 8.91. The van der Waals surface area contributed by atoms with Gasteiger partial charge < -0.3 is 30.2 Å². The number of aromatic nitrogens is 4. The molecule has 186 valence electrons. The van der Waals surface area contributed by atoms with E-state index in [9.17, 15) is 9.18 Å². The molecule has 2 aromatic heterocycles. The van der Waals surface area contributed by atoms with Crippen LogP contribution in [-0.2, 0) is 14.3 Å². The lowest BCUT2D eigenvalue weighted by Gasteiger charge is -2.35. The molecule has 1 aliphatic rings. The number of carbonyl (C=O) groups is 1. The third kappa shape index (κ3) is 5.64. The second-order valence-corrected chi connectivity index (χ2v) is 8.91. The first kappa shape index (κ1) is 24.7. The summed E-state index contributed by atoms with van der Waals surface area (Å²) in [6, 6.07) is 7.90. The number of nitrogens with zero attached hydrogens (tertiary/aromatic N) is 3. The summed E-state index contributed by atoms with van der Waals surface area (Å²) >= 11 is 0.